The molecule has 0 unspecified atom stereocenters. The summed E-state index contributed by atoms with van der Waals surface area (Å²) in [5.74, 6) is -49.2. The summed E-state index contributed by atoms with van der Waals surface area (Å²) in [7, 11) is -5.62. The van der Waals surface area contributed by atoms with Gasteiger partial charge in [-0.25, -0.2) is 35.1 Å². The highest BCUT2D eigenvalue weighted by atomic mass is 32.2. The maximum atomic E-state index is 15.7. The quantitative estimate of drug-likeness (QED) is 0.0597. The second-order valence-corrected chi connectivity index (χ2v) is 16.3. The fourth-order valence-corrected chi connectivity index (χ4v) is 7.65. The van der Waals surface area contributed by atoms with E-state index in [0.29, 0.717) is 24.3 Å². The van der Waals surface area contributed by atoms with Gasteiger partial charge in [0.1, 0.15) is 27.9 Å². The molecule has 0 aliphatic carbocycles. The summed E-state index contributed by atoms with van der Waals surface area (Å²) >= 11 is 0. The van der Waals surface area contributed by atoms with Gasteiger partial charge in [-0.1, -0.05) is 30.0 Å². The van der Waals surface area contributed by atoms with E-state index in [2.05, 4.69) is 11.8 Å². The van der Waals surface area contributed by atoms with Crippen molar-refractivity contribution in [2.24, 2.45) is 0 Å². The number of ether oxygens (including phenoxy) is 4. The lowest BCUT2D eigenvalue weighted by Gasteiger charge is -2.17. The molecule has 0 aromatic heterocycles. The third-order valence-electron chi connectivity index (χ3n) is 10.4. The molecule has 0 aliphatic heterocycles. The van der Waals surface area contributed by atoms with Crippen molar-refractivity contribution in [1.82, 2.24) is 0 Å². The smallest absolute Gasteiger partial charge is 0.298 e. The molecule has 0 saturated carbocycles. The highest BCUT2D eigenvalue weighted by Gasteiger charge is 2.38. The average molecular weight is 1060 g/mol. The molecule has 8 aromatic carbocycles. The minimum Gasteiger partial charge on any atom is -0.451 e. The number of benzene rings is 8. The number of terminal acetylenes is 2. The van der Waals surface area contributed by atoms with Crippen molar-refractivity contribution in [3.63, 3.8) is 0 Å². The monoisotopic (exact) mass is 1060 g/mol. The van der Waals surface area contributed by atoms with Crippen molar-refractivity contribution in [1.29, 1.82) is 0 Å². The molecule has 0 atom stereocenters. The summed E-state index contributed by atoms with van der Waals surface area (Å²) in [6.07, 6.45) is 10.4. The van der Waals surface area contributed by atoms with Gasteiger partial charge in [0.05, 0.1) is 22.3 Å². The van der Waals surface area contributed by atoms with Gasteiger partial charge in [0, 0.05) is 11.1 Å². The summed E-state index contributed by atoms with van der Waals surface area (Å²) in [4.78, 5) is -1.46. The lowest BCUT2D eigenvalue weighted by Crippen LogP contribution is -2.10. The molecule has 0 spiro atoms. The average Bonchev–Trinajstić information content (AvgIpc) is 3.38. The second kappa shape index (κ2) is 19.3. The van der Waals surface area contributed by atoms with Crippen molar-refractivity contribution in [3.05, 3.63) is 183 Å². The highest BCUT2D eigenvalue weighted by Crippen LogP contribution is 2.47. The number of hydrogen-bond donors (Lipinski definition) is 1. The van der Waals surface area contributed by atoms with E-state index in [9.17, 15) is 13.0 Å². The van der Waals surface area contributed by atoms with Crippen LogP contribution in [0.1, 0.15) is 11.1 Å². The molecule has 376 valence electrons. The van der Waals surface area contributed by atoms with Gasteiger partial charge in [-0.3, -0.25) is 4.55 Å². The number of fused-ring (bicyclic) bond motifs is 1. The van der Waals surface area contributed by atoms with E-state index in [1.165, 1.54) is 24.3 Å². The molecular formula is C50H16F16O7S. The predicted molar refractivity (Wildman–Crippen MR) is 226 cm³/mol. The van der Waals surface area contributed by atoms with Crippen LogP contribution in [-0.4, -0.2) is 13.0 Å². The second-order valence-electron chi connectivity index (χ2n) is 14.9. The van der Waals surface area contributed by atoms with Gasteiger partial charge in [0.15, 0.2) is 46.5 Å². The Labute approximate surface area is 403 Å². The van der Waals surface area contributed by atoms with Crippen LogP contribution in [-0.2, 0) is 10.1 Å². The first-order valence-electron chi connectivity index (χ1n) is 19.7. The van der Waals surface area contributed by atoms with E-state index in [-0.39, 0.29) is 11.1 Å². The fourth-order valence-electron chi connectivity index (χ4n) is 7.02. The first-order chi connectivity index (χ1) is 34.9. The van der Waals surface area contributed by atoms with Crippen LogP contribution in [0.25, 0.3) is 33.0 Å². The van der Waals surface area contributed by atoms with Gasteiger partial charge >= 0.3 is 0 Å². The summed E-state index contributed by atoms with van der Waals surface area (Å²) in [5.41, 5.74) is -9.31. The Hall–Kier alpha value is -8.87. The van der Waals surface area contributed by atoms with Gasteiger partial charge < -0.3 is 18.9 Å². The van der Waals surface area contributed by atoms with Crippen molar-refractivity contribution < 1.29 is 102 Å². The van der Waals surface area contributed by atoms with Crippen LogP contribution < -0.4 is 18.9 Å². The molecule has 24 heteroatoms. The molecule has 8 rings (SSSR count). The van der Waals surface area contributed by atoms with Crippen molar-refractivity contribution in [2.75, 3.05) is 0 Å². The molecule has 0 aliphatic rings. The molecule has 0 heterocycles. The topological polar surface area (TPSA) is 91.3 Å². The van der Waals surface area contributed by atoms with Crippen LogP contribution in [0.4, 0.5) is 70.2 Å². The van der Waals surface area contributed by atoms with Crippen LogP contribution in [0.5, 0.6) is 46.0 Å². The molecule has 0 bridgehead atoms. The molecule has 0 amide bonds. The molecule has 0 fully saturated rings. The Morgan fingerprint density at radius 3 is 0.986 bits per heavy atom. The van der Waals surface area contributed by atoms with Gasteiger partial charge in [-0.05, 0) is 71.4 Å². The minimum atomic E-state index is -5.62. The van der Waals surface area contributed by atoms with Crippen molar-refractivity contribution in [3.8, 4) is 92.9 Å². The molecule has 1 N–H and O–H groups in total. The first kappa shape index (κ1) is 51.5. The molecule has 7 nitrogen and oxygen atoms in total. The third-order valence-corrected chi connectivity index (χ3v) is 11.3. The van der Waals surface area contributed by atoms with E-state index >= 15 is 70.2 Å². The van der Waals surface area contributed by atoms with Crippen LogP contribution >= 0.6 is 0 Å². The zero-order valence-electron chi connectivity index (χ0n) is 35.5. The number of rotatable bonds is 11. The minimum absolute atomic E-state index is 0.0472. The number of hydrogen-bond acceptors (Lipinski definition) is 6. The molecule has 0 radical (unpaired) electrons. The zero-order valence-corrected chi connectivity index (χ0v) is 36.3. The predicted octanol–water partition coefficient (Wildman–Crippen LogP) is 14.8. The largest absolute Gasteiger partial charge is 0.451 e. The zero-order chi connectivity index (χ0) is 54.0. The van der Waals surface area contributed by atoms with Crippen molar-refractivity contribution in [2.45, 2.75) is 4.90 Å². The van der Waals surface area contributed by atoms with Crippen LogP contribution in [0.15, 0.2) is 83.8 Å². The van der Waals surface area contributed by atoms with Gasteiger partial charge in [-0.15, -0.1) is 12.8 Å². The molecule has 8 aromatic rings. The molecule has 74 heavy (non-hydrogen) atoms. The maximum absolute atomic E-state index is 15.7. The Morgan fingerprint density at radius 1 is 0.365 bits per heavy atom. The Bertz CT molecular complexity index is 3830. The molecular weight excluding hydrogens is 1050 g/mol. The fraction of sp³-hybridized carbons (Fsp3) is 0. The van der Waals surface area contributed by atoms with E-state index in [1.807, 2.05) is 0 Å². The van der Waals surface area contributed by atoms with E-state index in [0.717, 1.165) is 30.3 Å². The summed E-state index contributed by atoms with van der Waals surface area (Å²) in [5, 5.41) is -0.953. The maximum Gasteiger partial charge on any atom is 0.298 e. The van der Waals surface area contributed by atoms with E-state index < -0.39 is 187 Å². The number of halogens is 16. The van der Waals surface area contributed by atoms with Crippen LogP contribution in [0.2, 0.25) is 0 Å². The van der Waals surface area contributed by atoms with Crippen LogP contribution in [0, 0.1) is 118 Å². The van der Waals surface area contributed by atoms with Gasteiger partial charge in [0.2, 0.25) is 69.5 Å². The molecule has 0 saturated heterocycles. The van der Waals surface area contributed by atoms with Gasteiger partial charge in [0.25, 0.3) is 10.1 Å². The Morgan fingerprint density at radius 2 is 0.676 bits per heavy atom. The van der Waals surface area contributed by atoms with E-state index in [4.69, 9.17) is 31.8 Å². The SMILES string of the molecule is C#Cc1cccc(Oc2c(F)c(F)c(-c3c(F)c(F)c(Oc4ccc5cc(S(=O)(=O)O)c(Oc6c(F)c(F)c(-c7c(F)c(F)c(Oc8cccc(C#C)c8)c(F)c7F)c(F)c6F)cc5c4)c(F)c3F)c(F)c2F)c1. The lowest BCUT2D eigenvalue weighted by atomic mass is 10.0. The normalized spacial score (nSPS) is 11.4. The Balaban J connectivity index is 1.16. The van der Waals surface area contributed by atoms with Crippen LogP contribution in [0.3, 0.4) is 0 Å². The summed E-state index contributed by atoms with van der Waals surface area (Å²) in [6, 6.07) is 11.9. The summed E-state index contributed by atoms with van der Waals surface area (Å²) < 4.78 is 301. The van der Waals surface area contributed by atoms with E-state index in [1.54, 1.807) is 0 Å². The standard InChI is InChI=1S/C50H16F16O7S/c1-3-18-7-5-9-22(13-18)70-47-39(59)31(51)27(32(52)40(47)60)28-35(55)43(63)49(44(64)36(28)56)72-24-12-11-20-17-26(74(67,68)69)25(16-21(20)15-24)73-50-45(65)37(57)30(38(58)46(50)66)29-33(53)41(61)48(42(62)34(29)54)71-23-10-6-8-19(4-2)14-23/h1-2,5-17H,(H,67,68,69). The van der Waals surface area contributed by atoms with Crippen molar-refractivity contribution >= 4 is 20.9 Å². The highest BCUT2D eigenvalue weighted by molar-refractivity contribution is 7.86. The van der Waals surface area contributed by atoms with Gasteiger partial charge in [-0.2, -0.15) is 43.5 Å². The lowest BCUT2D eigenvalue weighted by molar-refractivity contribution is 0.357. The Kier molecular flexibility index (Phi) is 13.4. The summed E-state index contributed by atoms with van der Waals surface area (Å²) in [6.45, 7) is 0. The first-order valence-corrected chi connectivity index (χ1v) is 21.2. The third kappa shape index (κ3) is 8.83.